The summed E-state index contributed by atoms with van der Waals surface area (Å²) in [6.07, 6.45) is 3.32. The van der Waals surface area contributed by atoms with Gasteiger partial charge >= 0.3 is 5.97 Å². The van der Waals surface area contributed by atoms with Gasteiger partial charge in [-0.15, -0.1) is 21.5 Å². The number of rotatable bonds is 7. The third-order valence-electron chi connectivity index (χ3n) is 4.33. The molecule has 1 N–H and O–H groups in total. The molecule has 3 aromatic heterocycles. The van der Waals surface area contributed by atoms with Gasteiger partial charge in [0.05, 0.1) is 4.88 Å². The van der Waals surface area contributed by atoms with Gasteiger partial charge in [-0.25, -0.2) is 0 Å². The van der Waals surface area contributed by atoms with Gasteiger partial charge in [-0.2, -0.15) is 0 Å². The number of para-hydroxylation sites is 1. The highest BCUT2D eigenvalue weighted by molar-refractivity contribution is 7.13. The summed E-state index contributed by atoms with van der Waals surface area (Å²) in [6.45, 7) is 1.74. The van der Waals surface area contributed by atoms with Crippen LogP contribution in [0, 0.1) is 0 Å². The Balaban J connectivity index is 1.29. The number of carbonyl (C=O) groups excluding carboxylic acids is 1. The van der Waals surface area contributed by atoms with E-state index >= 15 is 0 Å². The molecule has 6 nitrogen and oxygen atoms in total. The predicted molar refractivity (Wildman–Crippen MR) is 103 cm³/mol. The van der Waals surface area contributed by atoms with Crippen molar-refractivity contribution >= 4 is 28.2 Å². The standard InChI is InChI=1S/C20H19N3O3S/c1-13(19-22-23-20(26-19)17-9-5-11-27-17)25-18(24)10-4-6-14-12-21-16-8-3-2-7-15(14)16/h2-3,5,7-9,11-13,21H,4,6,10H2,1H3/t13-/m1/s1. The Morgan fingerprint density at radius 1 is 1.26 bits per heavy atom. The van der Waals surface area contributed by atoms with Crippen LogP contribution in [-0.4, -0.2) is 21.2 Å². The number of aromatic nitrogens is 3. The maximum absolute atomic E-state index is 12.1. The topological polar surface area (TPSA) is 81.0 Å². The monoisotopic (exact) mass is 381 g/mol. The van der Waals surface area contributed by atoms with Crippen molar-refractivity contribution in [3.63, 3.8) is 0 Å². The van der Waals surface area contributed by atoms with Crippen LogP contribution in [0.2, 0.25) is 0 Å². The SMILES string of the molecule is C[C@@H](OC(=O)CCCc1c[nH]c2ccccc12)c1nnc(-c2cccs2)o1. The molecular weight excluding hydrogens is 362 g/mol. The third-order valence-corrected chi connectivity index (χ3v) is 5.19. The molecule has 0 bridgehead atoms. The highest BCUT2D eigenvalue weighted by Crippen LogP contribution is 2.26. The Labute approximate surface area is 160 Å². The van der Waals surface area contributed by atoms with Crippen LogP contribution in [0.25, 0.3) is 21.7 Å². The second-order valence-corrected chi connectivity index (χ2v) is 7.22. The predicted octanol–water partition coefficient (Wildman–Crippen LogP) is 4.91. The van der Waals surface area contributed by atoms with Gasteiger partial charge < -0.3 is 14.1 Å². The molecule has 4 rings (SSSR count). The number of carbonyl (C=O) groups is 1. The number of nitrogens with one attached hydrogen (secondary N) is 1. The summed E-state index contributed by atoms with van der Waals surface area (Å²) in [5.74, 6) is 0.490. The van der Waals surface area contributed by atoms with Gasteiger partial charge in [0.15, 0.2) is 6.10 Å². The quantitative estimate of drug-likeness (QED) is 0.460. The van der Waals surface area contributed by atoms with Crippen LogP contribution in [0.5, 0.6) is 0 Å². The summed E-state index contributed by atoms with van der Waals surface area (Å²) < 4.78 is 11.0. The minimum atomic E-state index is -0.563. The van der Waals surface area contributed by atoms with Gasteiger partial charge in [0.2, 0.25) is 0 Å². The van der Waals surface area contributed by atoms with E-state index in [9.17, 15) is 4.79 Å². The maximum Gasteiger partial charge on any atom is 0.306 e. The zero-order valence-electron chi connectivity index (χ0n) is 14.8. The van der Waals surface area contributed by atoms with Crippen molar-refractivity contribution < 1.29 is 13.9 Å². The summed E-state index contributed by atoms with van der Waals surface area (Å²) in [4.78, 5) is 16.3. The molecule has 0 aliphatic carbocycles. The molecule has 0 aliphatic rings. The van der Waals surface area contributed by atoms with E-state index in [1.807, 2.05) is 41.9 Å². The van der Waals surface area contributed by atoms with Crippen molar-refractivity contribution in [3.05, 3.63) is 59.4 Å². The fraction of sp³-hybridized carbons (Fsp3) is 0.250. The molecule has 0 spiro atoms. The summed E-state index contributed by atoms with van der Waals surface area (Å²) >= 11 is 1.52. The molecule has 27 heavy (non-hydrogen) atoms. The molecule has 138 valence electrons. The Kier molecular flexibility index (Phi) is 5.02. The number of H-pyrrole nitrogens is 1. The fourth-order valence-electron chi connectivity index (χ4n) is 2.97. The highest BCUT2D eigenvalue weighted by atomic mass is 32.1. The Hall–Kier alpha value is -2.93. The third kappa shape index (κ3) is 3.93. The molecule has 0 fully saturated rings. The second kappa shape index (κ2) is 7.75. The Bertz CT molecular complexity index is 1040. The lowest BCUT2D eigenvalue weighted by Gasteiger charge is -2.09. The van der Waals surface area contributed by atoms with Gasteiger partial charge in [0.25, 0.3) is 11.8 Å². The maximum atomic E-state index is 12.1. The van der Waals surface area contributed by atoms with Crippen molar-refractivity contribution in [2.45, 2.75) is 32.3 Å². The van der Waals surface area contributed by atoms with Crippen molar-refractivity contribution in [3.8, 4) is 10.8 Å². The number of hydrogen-bond donors (Lipinski definition) is 1. The molecule has 1 atom stereocenters. The van der Waals surface area contributed by atoms with Crippen LogP contribution in [0.15, 0.2) is 52.4 Å². The van der Waals surface area contributed by atoms with E-state index in [1.54, 1.807) is 6.92 Å². The molecule has 7 heteroatoms. The van der Waals surface area contributed by atoms with E-state index in [1.165, 1.54) is 22.3 Å². The normalized spacial score (nSPS) is 12.3. The second-order valence-electron chi connectivity index (χ2n) is 6.27. The molecule has 0 amide bonds. The number of nitrogens with zero attached hydrogens (tertiary/aromatic N) is 2. The van der Waals surface area contributed by atoms with Gasteiger partial charge in [-0.1, -0.05) is 24.3 Å². The number of aromatic amines is 1. The average molecular weight is 381 g/mol. The van der Waals surface area contributed by atoms with Crippen molar-refractivity contribution in [1.29, 1.82) is 0 Å². The minimum absolute atomic E-state index is 0.266. The first-order valence-corrected chi connectivity index (χ1v) is 9.70. The van der Waals surface area contributed by atoms with Crippen LogP contribution in [0.4, 0.5) is 0 Å². The summed E-state index contributed by atoms with van der Waals surface area (Å²) in [5.41, 5.74) is 2.32. The molecule has 0 radical (unpaired) electrons. The van der Waals surface area contributed by atoms with E-state index in [2.05, 4.69) is 21.2 Å². The summed E-state index contributed by atoms with van der Waals surface area (Å²) in [7, 11) is 0. The van der Waals surface area contributed by atoms with Gasteiger partial charge in [0.1, 0.15) is 0 Å². The number of hydrogen-bond acceptors (Lipinski definition) is 6. The summed E-state index contributed by atoms with van der Waals surface area (Å²) in [6, 6.07) is 12.0. The zero-order valence-corrected chi connectivity index (χ0v) is 15.7. The van der Waals surface area contributed by atoms with E-state index in [0.29, 0.717) is 18.2 Å². The largest absolute Gasteiger partial charge is 0.453 e. The van der Waals surface area contributed by atoms with Crippen molar-refractivity contribution in [2.75, 3.05) is 0 Å². The number of fused-ring (bicyclic) bond motifs is 1. The smallest absolute Gasteiger partial charge is 0.306 e. The first-order valence-electron chi connectivity index (χ1n) is 8.82. The number of benzene rings is 1. The summed E-state index contributed by atoms with van der Waals surface area (Å²) in [5, 5.41) is 11.1. The lowest BCUT2D eigenvalue weighted by molar-refractivity contribution is -0.149. The lowest BCUT2D eigenvalue weighted by atomic mass is 10.1. The molecular formula is C20H19N3O3S. The van der Waals surface area contributed by atoms with E-state index in [-0.39, 0.29) is 5.97 Å². The van der Waals surface area contributed by atoms with Gasteiger partial charge in [0, 0.05) is 23.5 Å². The molecule has 3 heterocycles. The molecule has 0 saturated heterocycles. The van der Waals surface area contributed by atoms with Crippen molar-refractivity contribution in [1.82, 2.24) is 15.2 Å². The highest BCUT2D eigenvalue weighted by Gasteiger charge is 2.19. The Morgan fingerprint density at radius 3 is 3.00 bits per heavy atom. The Morgan fingerprint density at radius 2 is 2.15 bits per heavy atom. The number of thiophene rings is 1. The number of aryl methyl sites for hydroxylation is 1. The van der Waals surface area contributed by atoms with Crippen LogP contribution < -0.4 is 0 Å². The number of esters is 1. The molecule has 4 aromatic rings. The van der Waals surface area contributed by atoms with Crippen LogP contribution in [-0.2, 0) is 16.0 Å². The zero-order chi connectivity index (χ0) is 18.6. The molecule has 0 unspecified atom stereocenters. The molecule has 0 aliphatic heterocycles. The first-order chi connectivity index (χ1) is 13.2. The fourth-order valence-corrected chi connectivity index (χ4v) is 3.61. The van der Waals surface area contributed by atoms with Gasteiger partial charge in [-0.3, -0.25) is 4.79 Å². The average Bonchev–Trinajstić information content (AvgIpc) is 3.42. The van der Waals surface area contributed by atoms with Crippen LogP contribution in [0.3, 0.4) is 0 Å². The van der Waals surface area contributed by atoms with Crippen LogP contribution in [0.1, 0.15) is 37.3 Å². The van der Waals surface area contributed by atoms with E-state index in [4.69, 9.17) is 9.15 Å². The van der Waals surface area contributed by atoms with Gasteiger partial charge in [-0.05, 0) is 42.8 Å². The minimum Gasteiger partial charge on any atom is -0.453 e. The number of ether oxygens (including phenoxy) is 1. The van der Waals surface area contributed by atoms with Crippen LogP contribution >= 0.6 is 11.3 Å². The molecule has 1 aromatic carbocycles. The van der Waals surface area contributed by atoms with E-state index < -0.39 is 6.10 Å². The van der Waals surface area contributed by atoms with E-state index in [0.717, 1.165) is 23.2 Å². The van der Waals surface area contributed by atoms with Crippen molar-refractivity contribution in [2.24, 2.45) is 0 Å². The first kappa shape index (κ1) is 17.5. The molecule has 0 saturated carbocycles. The lowest BCUT2D eigenvalue weighted by Crippen LogP contribution is -2.09.